The van der Waals surface area contributed by atoms with Crippen LogP contribution < -0.4 is 16.4 Å². The lowest BCUT2D eigenvalue weighted by molar-refractivity contribution is 0.248. The SMILES string of the molecule is Cc1ccc(N)c(CNc2nc(NC(CO)C(C)C)nc3c2ncn3C2CCCCC2)c1. The van der Waals surface area contributed by atoms with E-state index >= 15 is 0 Å². The van der Waals surface area contributed by atoms with Crippen LogP contribution in [-0.4, -0.2) is 37.3 Å². The molecule has 32 heavy (non-hydrogen) atoms. The van der Waals surface area contributed by atoms with Crippen LogP contribution in [0.3, 0.4) is 0 Å². The number of aliphatic hydroxyl groups excluding tert-OH is 1. The maximum Gasteiger partial charge on any atom is 0.227 e. The molecule has 172 valence electrons. The molecule has 1 aliphatic carbocycles. The minimum absolute atomic E-state index is 0.0174. The maximum atomic E-state index is 9.80. The third kappa shape index (κ3) is 4.80. The molecule has 4 rings (SSSR count). The second kappa shape index (κ2) is 9.73. The molecule has 0 saturated heterocycles. The minimum atomic E-state index is -0.126. The number of hydrogen-bond donors (Lipinski definition) is 4. The Labute approximate surface area is 189 Å². The minimum Gasteiger partial charge on any atom is -0.398 e. The van der Waals surface area contributed by atoms with Crippen molar-refractivity contribution in [2.24, 2.45) is 5.92 Å². The monoisotopic (exact) mass is 437 g/mol. The largest absolute Gasteiger partial charge is 0.398 e. The fourth-order valence-electron chi connectivity index (χ4n) is 4.39. The van der Waals surface area contributed by atoms with Crippen LogP contribution in [0.25, 0.3) is 11.2 Å². The second-order valence-corrected chi connectivity index (χ2v) is 9.24. The van der Waals surface area contributed by atoms with Gasteiger partial charge in [-0.2, -0.15) is 9.97 Å². The summed E-state index contributed by atoms with van der Waals surface area (Å²) in [6, 6.07) is 6.31. The normalized spacial score (nSPS) is 15.9. The zero-order chi connectivity index (χ0) is 22.7. The van der Waals surface area contributed by atoms with E-state index in [1.807, 2.05) is 18.5 Å². The first-order valence-corrected chi connectivity index (χ1v) is 11.7. The predicted octanol–water partition coefficient (Wildman–Crippen LogP) is 4.26. The molecule has 8 nitrogen and oxygen atoms in total. The molecule has 1 saturated carbocycles. The quantitative estimate of drug-likeness (QED) is 0.389. The van der Waals surface area contributed by atoms with Crippen molar-refractivity contribution in [3.63, 3.8) is 0 Å². The van der Waals surface area contributed by atoms with Gasteiger partial charge in [0.05, 0.1) is 19.0 Å². The van der Waals surface area contributed by atoms with Crippen molar-refractivity contribution >= 4 is 28.6 Å². The highest BCUT2D eigenvalue weighted by Crippen LogP contribution is 2.32. The van der Waals surface area contributed by atoms with E-state index in [1.165, 1.54) is 19.3 Å². The summed E-state index contributed by atoms with van der Waals surface area (Å²) in [5.41, 5.74) is 10.7. The number of nitrogens with zero attached hydrogens (tertiary/aromatic N) is 4. The zero-order valence-corrected chi connectivity index (χ0v) is 19.3. The Balaban J connectivity index is 1.70. The molecule has 1 unspecified atom stereocenters. The van der Waals surface area contributed by atoms with Gasteiger partial charge in [0.1, 0.15) is 0 Å². The molecule has 8 heteroatoms. The van der Waals surface area contributed by atoms with E-state index < -0.39 is 0 Å². The van der Waals surface area contributed by atoms with Crippen LogP contribution in [0, 0.1) is 12.8 Å². The Bertz CT molecular complexity index is 1060. The molecule has 1 atom stereocenters. The summed E-state index contributed by atoms with van der Waals surface area (Å²) in [5.74, 6) is 1.42. The molecule has 0 spiro atoms. The molecule has 0 radical (unpaired) electrons. The molecule has 0 bridgehead atoms. The van der Waals surface area contributed by atoms with Crippen LogP contribution >= 0.6 is 0 Å². The number of nitrogens with two attached hydrogens (primary N) is 1. The number of aliphatic hydroxyl groups is 1. The number of fused-ring (bicyclic) bond motifs is 1. The highest BCUT2D eigenvalue weighted by molar-refractivity contribution is 5.84. The number of nitrogen functional groups attached to an aromatic ring is 1. The average molecular weight is 438 g/mol. The van der Waals surface area contributed by atoms with Crippen molar-refractivity contribution in [2.45, 2.75) is 71.5 Å². The van der Waals surface area contributed by atoms with Gasteiger partial charge in [0, 0.05) is 18.3 Å². The van der Waals surface area contributed by atoms with Crippen LogP contribution in [0.15, 0.2) is 24.5 Å². The second-order valence-electron chi connectivity index (χ2n) is 9.24. The number of benzene rings is 1. The van der Waals surface area contributed by atoms with Gasteiger partial charge in [-0.05, 0) is 37.3 Å². The van der Waals surface area contributed by atoms with Crippen LogP contribution in [0.4, 0.5) is 17.5 Å². The first-order valence-electron chi connectivity index (χ1n) is 11.7. The number of aromatic nitrogens is 4. The smallest absolute Gasteiger partial charge is 0.227 e. The summed E-state index contributed by atoms with van der Waals surface area (Å²) in [5, 5.41) is 16.6. The number of hydrogen-bond acceptors (Lipinski definition) is 7. The molecule has 3 aromatic rings. The summed E-state index contributed by atoms with van der Waals surface area (Å²) in [4.78, 5) is 14.3. The lowest BCUT2D eigenvalue weighted by Gasteiger charge is -2.24. The van der Waals surface area contributed by atoms with Crippen molar-refractivity contribution in [1.29, 1.82) is 0 Å². The van der Waals surface area contributed by atoms with Crippen molar-refractivity contribution in [3.05, 3.63) is 35.7 Å². The predicted molar refractivity (Wildman–Crippen MR) is 130 cm³/mol. The standard InChI is InChI=1S/C24H35N7O/c1-15(2)20(13-32)28-24-29-22(26-12-17-11-16(3)9-10-19(17)25)21-23(30-24)31(14-27-21)18-7-5-4-6-8-18/h9-11,14-15,18,20,32H,4-8,12-13,25H2,1-3H3,(H2,26,28,29,30). The maximum absolute atomic E-state index is 9.80. The summed E-state index contributed by atoms with van der Waals surface area (Å²) in [6.45, 7) is 6.75. The molecule has 0 aliphatic heterocycles. The molecule has 2 aromatic heterocycles. The van der Waals surface area contributed by atoms with E-state index in [9.17, 15) is 5.11 Å². The number of aryl methyl sites for hydroxylation is 1. The van der Waals surface area contributed by atoms with Crippen molar-refractivity contribution in [2.75, 3.05) is 23.0 Å². The molecule has 1 aliphatic rings. The van der Waals surface area contributed by atoms with E-state index in [4.69, 9.17) is 15.7 Å². The molecular weight excluding hydrogens is 402 g/mol. The molecular formula is C24H35N7O. The first kappa shape index (κ1) is 22.3. The van der Waals surface area contributed by atoms with E-state index in [2.05, 4.69) is 47.0 Å². The Hall–Kier alpha value is -2.87. The van der Waals surface area contributed by atoms with Gasteiger partial charge < -0.3 is 26.0 Å². The van der Waals surface area contributed by atoms with Gasteiger partial charge in [-0.3, -0.25) is 0 Å². The number of anilines is 3. The molecule has 2 heterocycles. The first-order chi connectivity index (χ1) is 15.5. The lowest BCUT2D eigenvalue weighted by Crippen LogP contribution is -2.30. The van der Waals surface area contributed by atoms with Gasteiger partial charge in [-0.25, -0.2) is 4.98 Å². The summed E-state index contributed by atoms with van der Waals surface area (Å²) in [7, 11) is 0. The Morgan fingerprint density at radius 2 is 1.97 bits per heavy atom. The van der Waals surface area contributed by atoms with Gasteiger partial charge in [-0.15, -0.1) is 0 Å². The third-order valence-corrected chi connectivity index (χ3v) is 6.45. The van der Waals surface area contributed by atoms with E-state index in [1.54, 1.807) is 0 Å². The fourth-order valence-corrected chi connectivity index (χ4v) is 4.39. The van der Waals surface area contributed by atoms with Gasteiger partial charge in [0.2, 0.25) is 5.95 Å². The van der Waals surface area contributed by atoms with E-state index in [0.29, 0.717) is 24.4 Å². The van der Waals surface area contributed by atoms with E-state index in [-0.39, 0.29) is 18.6 Å². The Kier molecular flexibility index (Phi) is 6.79. The molecule has 5 N–H and O–H groups in total. The Morgan fingerprint density at radius 1 is 1.19 bits per heavy atom. The van der Waals surface area contributed by atoms with Crippen molar-refractivity contribution in [3.8, 4) is 0 Å². The summed E-state index contributed by atoms with van der Waals surface area (Å²) in [6.07, 6.45) is 7.95. The van der Waals surface area contributed by atoms with Gasteiger partial charge in [0.15, 0.2) is 17.0 Å². The average Bonchev–Trinajstić information content (AvgIpc) is 3.22. The van der Waals surface area contributed by atoms with Gasteiger partial charge >= 0.3 is 0 Å². The summed E-state index contributed by atoms with van der Waals surface area (Å²) >= 11 is 0. The van der Waals surface area contributed by atoms with Gasteiger partial charge in [0.25, 0.3) is 0 Å². The van der Waals surface area contributed by atoms with Gasteiger partial charge in [-0.1, -0.05) is 50.8 Å². The van der Waals surface area contributed by atoms with Crippen LogP contribution in [0.2, 0.25) is 0 Å². The third-order valence-electron chi connectivity index (χ3n) is 6.45. The highest BCUT2D eigenvalue weighted by atomic mass is 16.3. The molecule has 0 amide bonds. The zero-order valence-electron chi connectivity index (χ0n) is 19.3. The van der Waals surface area contributed by atoms with Crippen LogP contribution in [-0.2, 0) is 6.54 Å². The highest BCUT2D eigenvalue weighted by Gasteiger charge is 2.22. The fraction of sp³-hybridized carbons (Fsp3) is 0.542. The van der Waals surface area contributed by atoms with Crippen LogP contribution in [0.1, 0.15) is 63.1 Å². The lowest BCUT2D eigenvalue weighted by atomic mass is 9.95. The Morgan fingerprint density at radius 3 is 2.69 bits per heavy atom. The molecule has 1 aromatic carbocycles. The molecule has 1 fully saturated rings. The summed E-state index contributed by atoms with van der Waals surface area (Å²) < 4.78 is 2.21. The number of rotatable bonds is 8. The van der Waals surface area contributed by atoms with E-state index in [0.717, 1.165) is 40.8 Å². The van der Waals surface area contributed by atoms with Crippen molar-refractivity contribution in [1.82, 2.24) is 19.5 Å². The van der Waals surface area contributed by atoms with Crippen molar-refractivity contribution < 1.29 is 5.11 Å². The number of nitrogens with one attached hydrogen (secondary N) is 2. The topological polar surface area (TPSA) is 114 Å². The number of imidazole rings is 1. The van der Waals surface area contributed by atoms with Crippen LogP contribution in [0.5, 0.6) is 0 Å².